The summed E-state index contributed by atoms with van der Waals surface area (Å²) in [6.45, 7) is 3.56. The zero-order valence-electron chi connectivity index (χ0n) is 21.4. The fraction of sp³-hybridized carbons (Fsp3) is 0.320. The van der Waals surface area contributed by atoms with Crippen molar-refractivity contribution in [2.75, 3.05) is 24.3 Å². The van der Waals surface area contributed by atoms with Gasteiger partial charge in [0.1, 0.15) is 11.4 Å². The van der Waals surface area contributed by atoms with Gasteiger partial charge < -0.3 is 30.5 Å². The van der Waals surface area contributed by atoms with E-state index < -0.39 is 36.4 Å². The van der Waals surface area contributed by atoms with Crippen molar-refractivity contribution in [3.8, 4) is 0 Å². The molecule has 5 N–H and O–H groups in total. The van der Waals surface area contributed by atoms with Gasteiger partial charge in [-0.2, -0.15) is 18.2 Å². The van der Waals surface area contributed by atoms with Crippen molar-refractivity contribution in [3.05, 3.63) is 71.4 Å². The second kappa shape index (κ2) is 12.1. The van der Waals surface area contributed by atoms with Crippen LogP contribution in [0.25, 0.3) is 0 Å². The Morgan fingerprint density at radius 1 is 1.05 bits per heavy atom. The van der Waals surface area contributed by atoms with E-state index in [2.05, 4.69) is 25.9 Å². The van der Waals surface area contributed by atoms with Crippen molar-refractivity contribution in [3.63, 3.8) is 0 Å². The highest BCUT2D eigenvalue weighted by Gasteiger charge is 2.48. The minimum absolute atomic E-state index is 0.0125. The molecule has 1 heterocycles. The molecule has 10 nitrogen and oxygen atoms in total. The first kappa shape index (κ1) is 30.0. The van der Waals surface area contributed by atoms with E-state index in [1.54, 1.807) is 19.1 Å². The molecular weight excluding hydrogens is 538 g/mol. The number of benzene rings is 2. The third kappa shape index (κ3) is 6.74. The van der Waals surface area contributed by atoms with Crippen LogP contribution in [0.3, 0.4) is 0 Å². The van der Waals surface area contributed by atoms with Crippen molar-refractivity contribution in [1.29, 1.82) is 0 Å². The van der Waals surface area contributed by atoms with E-state index in [1.807, 2.05) is 6.92 Å². The number of carbonyl (C=O) groups excluding carboxylic acids is 1. The molecule has 3 aromatic rings. The number of alkyl halides is 3. The summed E-state index contributed by atoms with van der Waals surface area (Å²) in [4.78, 5) is 40.0. The number of amides is 1. The highest BCUT2D eigenvalue weighted by atomic mass is 31.2. The van der Waals surface area contributed by atoms with E-state index in [-0.39, 0.29) is 35.8 Å². The van der Waals surface area contributed by atoms with Crippen LogP contribution >= 0.6 is 7.60 Å². The lowest BCUT2D eigenvalue weighted by Gasteiger charge is -2.34. The molecule has 14 heteroatoms. The molecule has 1 aromatic heterocycles. The van der Waals surface area contributed by atoms with Gasteiger partial charge in [-0.05, 0) is 42.7 Å². The molecule has 0 saturated carbocycles. The molecule has 1 unspecified atom stereocenters. The summed E-state index contributed by atoms with van der Waals surface area (Å²) in [5, 5.41) is 5.98. The van der Waals surface area contributed by atoms with Crippen LogP contribution in [-0.4, -0.2) is 39.3 Å². The summed E-state index contributed by atoms with van der Waals surface area (Å²) in [6, 6.07) is 11.9. The number of aromatic nitrogens is 2. The van der Waals surface area contributed by atoms with Crippen LogP contribution in [-0.2, 0) is 20.8 Å². The smallest absolute Gasteiger partial charge is 0.358 e. The number of anilines is 4. The number of ether oxygens (including phenoxy) is 1. The van der Waals surface area contributed by atoms with Gasteiger partial charge in [0.05, 0.1) is 11.3 Å². The molecule has 0 spiro atoms. The number of rotatable bonds is 11. The minimum Gasteiger partial charge on any atom is -0.358 e. The number of para-hydroxylation sites is 1. The maximum atomic E-state index is 13.7. The van der Waals surface area contributed by atoms with E-state index in [1.165, 1.54) is 43.4 Å². The van der Waals surface area contributed by atoms with Gasteiger partial charge in [0.15, 0.2) is 5.34 Å². The van der Waals surface area contributed by atoms with E-state index in [9.17, 15) is 32.3 Å². The number of nitrogens with one attached hydrogen (secondary N) is 3. The highest BCUT2D eigenvalue weighted by molar-refractivity contribution is 7.52. The predicted octanol–water partition coefficient (Wildman–Crippen LogP) is 5.51. The summed E-state index contributed by atoms with van der Waals surface area (Å²) in [7, 11) is -3.32. The van der Waals surface area contributed by atoms with Crippen LogP contribution in [0.5, 0.6) is 0 Å². The lowest BCUT2D eigenvalue weighted by molar-refractivity contribution is -0.137. The molecule has 0 fully saturated rings. The second-order valence-electron chi connectivity index (χ2n) is 8.44. The van der Waals surface area contributed by atoms with Crippen LogP contribution < -0.4 is 16.0 Å². The molecule has 0 aliphatic rings. The summed E-state index contributed by atoms with van der Waals surface area (Å²) >= 11 is 0. The Morgan fingerprint density at radius 2 is 1.72 bits per heavy atom. The quantitative estimate of drug-likeness (QED) is 0.189. The molecule has 0 saturated heterocycles. The van der Waals surface area contributed by atoms with Gasteiger partial charge in [-0.25, -0.2) is 4.98 Å². The van der Waals surface area contributed by atoms with Gasteiger partial charge in [0.25, 0.3) is 5.91 Å². The van der Waals surface area contributed by atoms with E-state index in [0.29, 0.717) is 18.3 Å². The van der Waals surface area contributed by atoms with Crippen LogP contribution in [0, 0.1) is 0 Å². The van der Waals surface area contributed by atoms with E-state index in [4.69, 9.17) is 4.74 Å². The van der Waals surface area contributed by atoms with Crippen molar-refractivity contribution < 1.29 is 37.1 Å². The molecule has 0 bridgehead atoms. The topological polar surface area (TPSA) is 146 Å². The lowest BCUT2D eigenvalue weighted by atomic mass is 10.1. The Kier molecular flexibility index (Phi) is 9.34. The summed E-state index contributed by atoms with van der Waals surface area (Å²) < 4.78 is 59.1. The Morgan fingerprint density at radius 3 is 2.28 bits per heavy atom. The molecule has 3 rings (SSSR count). The molecule has 1 atom stereocenters. The standard InChI is InChI=1S/C25H29F3N5O5P/c1-4-14-38-24(5-2,39(35,36)37)16-10-12-17(13-11-16)31-23-30-15-19(25(26,27)28)21(33-23)32-20-9-7-6-8-18(20)22(34)29-3/h6-13,15H,4-5,14H2,1-3H3,(H,29,34)(H2,35,36,37)(H2,30,31,32,33). The zero-order valence-corrected chi connectivity index (χ0v) is 22.3. The van der Waals surface area contributed by atoms with Gasteiger partial charge in [-0.15, -0.1) is 0 Å². The van der Waals surface area contributed by atoms with Gasteiger partial charge in [0, 0.05) is 25.5 Å². The van der Waals surface area contributed by atoms with Crippen LogP contribution in [0.2, 0.25) is 0 Å². The molecule has 2 aromatic carbocycles. The Labute approximate surface area is 223 Å². The van der Waals surface area contributed by atoms with Gasteiger partial charge >= 0.3 is 13.8 Å². The average Bonchev–Trinajstić information content (AvgIpc) is 2.88. The predicted molar refractivity (Wildman–Crippen MR) is 140 cm³/mol. The summed E-state index contributed by atoms with van der Waals surface area (Å²) in [5.41, 5.74) is -0.318. The monoisotopic (exact) mass is 567 g/mol. The first-order valence-electron chi connectivity index (χ1n) is 12.0. The Balaban J connectivity index is 1.95. The second-order valence-corrected chi connectivity index (χ2v) is 10.2. The number of nitrogens with zero attached hydrogens (tertiary/aromatic N) is 2. The largest absolute Gasteiger partial charge is 0.421 e. The van der Waals surface area contributed by atoms with E-state index in [0.717, 1.165) is 0 Å². The van der Waals surface area contributed by atoms with Gasteiger partial charge in [-0.3, -0.25) is 9.36 Å². The number of halogens is 3. The fourth-order valence-corrected chi connectivity index (χ4v) is 5.02. The lowest BCUT2D eigenvalue weighted by Crippen LogP contribution is -2.29. The molecule has 1 amide bonds. The van der Waals surface area contributed by atoms with Gasteiger partial charge in [-0.1, -0.05) is 38.1 Å². The Hall–Kier alpha value is -3.51. The Bertz CT molecular complexity index is 1350. The normalized spacial score (nSPS) is 13.4. The van der Waals surface area contributed by atoms with Crippen molar-refractivity contribution in [2.24, 2.45) is 0 Å². The van der Waals surface area contributed by atoms with Crippen molar-refractivity contribution >= 4 is 36.6 Å². The molecule has 210 valence electrons. The fourth-order valence-electron chi connectivity index (χ4n) is 3.86. The summed E-state index contributed by atoms with van der Waals surface area (Å²) in [6.07, 6.45) is -3.60. The molecular formula is C25H29F3N5O5P. The molecule has 0 aliphatic heterocycles. The maximum Gasteiger partial charge on any atom is 0.421 e. The van der Waals surface area contributed by atoms with Crippen LogP contribution in [0.4, 0.5) is 36.3 Å². The SMILES string of the molecule is CCCOC(CC)(c1ccc(Nc2ncc(C(F)(F)F)c(Nc3ccccc3C(=O)NC)n2)cc1)P(=O)(O)O. The third-order valence-corrected chi connectivity index (χ3v) is 7.48. The molecule has 0 aliphatic carbocycles. The third-order valence-electron chi connectivity index (χ3n) is 5.83. The highest BCUT2D eigenvalue weighted by Crippen LogP contribution is 2.59. The number of hydrogen-bond donors (Lipinski definition) is 5. The zero-order chi connectivity index (χ0) is 28.8. The van der Waals surface area contributed by atoms with Crippen molar-refractivity contribution in [2.45, 2.75) is 38.2 Å². The average molecular weight is 568 g/mol. The minimum atomic E-state index is -4.78. The number of carbonyl (C=O) groups is 1. The first-order valence-corrected chi connectivity index (χ1v) is 13.6. The summed E-state index contributed by atoms with van der Waals surface area (Å²) in [5.74, 6) is -1.26. The van der Waals surface area contributed by atoms with Crippen molar-refractivity contribution in [1.82, 2.24) is 15.3 Å². The van der Waals surface area contributed by atoms with Crippen LogP contribution in [0.15, 0.2) is 54.7 Å². The number of hydrogen-bond acceptors (Lipinski definition) is 7. The maximum absolute atomic E-state index is 13.7. The van der Waals surface area contributed by atoms with Crippen LogP contribution in [0.1, 0.15) is 48.2 Å². The van der Waals surface area contributed by atoms with E-state index >= 15 is 0 Å². The molecule has 0 radical (unpaired) electrons. The molecule has 39 heavy (non-hydrogen) atoms. The van der Waals surface area contributed by atoms with Gasteiger partial charge in [0.2, 0.25) is 5.95 Å². The first-order chi connectivity index (χ1) is 18.4.